The topological polar surface area (TPSA) is 74.7 Å². The van der Waals surface area contributed by atoms with E-state index in [1.54, 1.807) is 30.3 Å². The van der Waals surface area contributed by atoms with Crippen LogP contribution in [0.3, 0.4) is 0 Å². The van der Waals surface area contributed by atoms with E-state index in [0.29, 0.717) is 12.1 Å². The Bertz CT molecular complexity index is 605. The van der Waals surface area contributed by atoms with E-state index in [1.807, 2.05) is 0 Å². The van der Waals surface area contributed by atoms with Crippen LogP contribution in [0.25, 0.3) is 0 Å². The maximum Gasteiger partial charge on any atom is 0.332 e. The number of nitrogens with zero attached hydrogens (tertiary/aromatic N) is 1. The summed E-state index contributed by atoms with van der Waals surface area (Å²) in [6.45, 7) is 0. The van der Waals surface area contributed by atoms with Crippen molar-refractivity contribution in [2.24, 2.45) is 11.8 Å². The lowest BCUT2D eigenvalue weighted by Gasteiger charge is -2.15. The number of para-hydroxylation sites is 1. The highest BCUT2D eigenvalue weighted by molar-refractivity contribution is 6.25. The molecule has 96 valence electrons. The largest absolute Gasteiger partial charge is 0.478 e. The predicted molar refractivity (Wildman–Crippen MR) is 66.3 cm³/mol. The molecule has 1 aliphatic heterocycles. The van der Waals surface area contributed by atoms with E-state index >= 15 is 0 Å². The van der Waals surface area contributed by atoms with Gasteiger partial charge in [0.25, 0.3) is 0 Å². The number of hydrogen-bond acceptors (Lipinski definition) is 3. The second-order valence-electron chi connectivity index (χ2n) is 4.63. The summed E-state index contributed by atoms with van der Waals surface area (Å²) in [5.41, 5.74) is 0.540. The lowest BCUT2D eigenvalue weighted by atomic mass is 9.94. The van der Waals surface area contributed by atoms with Gasteiger partial charge in [0, 0.05) is 5.57 Å². The van der Waals surface area contributed by atoms with Crippen molar-refractivity contribution < 1.29 is 19.5 Å². The number of amides is 2. The van der Waals surface area contributed by atoms with Gasteiger partial charge in [0.1, 0.15) is 0 Å². The van der Waals surface area contributed by atoms with Gasteiger partial charge >= 0.3 is 5.97 Å². The molecule has 0 saturated carbocycles. The standard InChI is InChI=1S/C14H11NO4/c16-12-9-6-7-10(14(18)19)11(9)13(17)15(12)8-4-2-1-3-5-8/h1-5,7,9,11H,6H2,(H,18,19)/t9-,11-/m1/s1. The van der Waals surface area contributed by atoms with Gasteiger partial charge < -0.3 is 5.11 Å². The van der Waals surface area contributed by atoms with Crippen LogP contribution in [-0.2, 0) is 14.4 Å². The number of carbonyl (C=O) groups excluding carboxylic acids is 2. The van der Waals surface area contributed by atoms with Crippen LogP contribution >= 0.6 is 0 Å². The van der Waals surface area contributed by atoms with E-state index in [1.165, 1.54) is 6.08 Å². The van der Waals surface area contributed by atoms with Gasteiger partial charge in [-0.3, -0.25) is 9.59 Å². The van der Waals surface area contributed by atoms with Gasteiger partial charge in [-0.1, -0.05) is 24.3 Å². The first-order valence-corrected chi connectivity index (χ1v) is 5.97. The Morgan fingerprint density at radius 3 is 2.47 bits per heavy atom. The zero-order chi connectivity index (χ0) is 13.6. The van der Waals surface area contributed by atoms with Crippen molar-refractivity contribution in [2.75, 3.05) is 4.90 Å². The van der Waals surface area contributed by atoms with Crippen LogP contribution in [0.4, 0.5) is 5.69 Å². The fourth-order valence-corrected chi connectivity index (χ4v) is 2.75. The Morgan fingerprint density at radius 2 is 1.84 bits per heavy atom. The summed E-state index contributed by atoms with van der Waals surface area (Å²) in [6, 6.07) is 8.59. The fourth-order valence-electron chi connectivity index (χ4n) is 2.75. The van der Waals surface area contributed by atoms with Crippen LogP contribution in [0, 0.1) is 11.8 Å². The van der Waals surface area contributed by atoms with Gasteiger partial charge in [0.15, 0.2) is 0 Å². The number of anilines is 1. The first-order chi connectivity index (χ1) is 9.11. The fraction of sp³-hybridized carbons (Fsp3) is 0.214. The lowest BCUT2D eigenvalue weighted by molar-refractivity contribution is -0.134. The second-order valence-corrected chi connectivity index (χ2v) is 4.63. The van der Waals surface area contributed by atoms with Crippen molar-refractivity contribution in [3.8, 4) is 0 Å². The predicted octanol–water partition coefficient (Wildman–Crippen LogP) is 1.21. The van der Waals surface area contributed by atoms with Crippen LogP contribution in [-0.4, -0.2) is 22.9 Å². The van der Waals surface area contributed by atoms with Crippen molar-refractivity contribution in [1.82, 2.24) is 0 Å². The molecule has 2 aliphatic rings. The Hall–Kier alpha value is -2.43. The molecule has 3 rings (SSSR count). The first-order valence-electron chi connectivity index (χ1n) is 5.97. The van der Waals surface area contributed by atoms with Crippen LogP contribution < -0.4 is 4.90 Å². The van der Waals surface area contributed by atoms with Gasteiger partial charge in [-0.15, -0.1) is 0 Å². The van der Waals surface area contributed by atoms with Crippen LogP contribution in [0.15, 0.2) is 42.0 Å². The zero-order valence-corrected chi connectivity index (χ0v) is 9.95. The smallest absolute Gasteiger partial charge is 0.332 e. The summed E-state index contributed by atoms with van der Waals surface area (Å²) in [5, 5.41) is 9.07. The average Bonchev–Trinajstić information content (AvgIpc) is 2.93. The third-order valence-electron chi connectivity index (χ3n) is 3.61. The minimum Gasteiger partial charge on any atom is -0.478 e. The van der Waals surface area contributed by atoms with Crippen molar-refractivity contribution in [3.63, 3.8) is 0 Å². The molecule has 1 aliphatic carbocycles. The summed E-state index contributed by atoms with van der Waals surface area (Å²) in [6.07, 6.45) is 1.80. The summed E-state index contributed by atoms with van der Waals surface area (Å²) in [4.78, 5) is 36.8. The van der Waals surface area contributed by atoms with E-state index in [0.717, 1.165) is 4.90 Å². The van der Waals surface area contributed by atoms with Crippen LogP contribution in [0.5, 0.6) is 0 Å². The molecule has 1 heterocycles. The minimum absolute atomic E-state index is 0.0433. The number of aliphatic carboxylic acids is 1. The molecule has 1 N–H and O–H groups in total. The van der Waals surface area contributed by atoms with Crippen molar-refractivity contribution in [1.29, 1.82) is 0 Å². The number of benzene rings is 1. The number of carbonyl (C=O) groups is 3. The maximum absolute atomic E-state index is 12.3. The Labute approximate surface area is 109 Å². The van der Waals surface area contributed by atoms with Crippen molar-refractivity contribution in [2.45, 2.75) is 6.42 Å². The van der Waals surface area contributed by atoms with E-state index in [9.17, 15) is 14.4 Å². The quantitative estimate of drug-likeness (QED) is 0.808. The highest BCUT2D eigenvalue weighted by Gasteiger charge is 2.53. The van der Waals surface area contributed by atoms with E-state index < -0.39 is 23.7 Å². The summed E-state index contributed by atoms with van der Waals surface area (Å²) in [7, 11) is 0. The maximum atomic E-state index is 12.3. The highest BCUT2D eigenvalue weighted by Crippen LogP contribution is 2.41. The molecule has 0 spiro atoms. The highest BCUT2D eigenvalue weighted by atomic mass is 16.4. The minimum atomic E-state index is -1.12. The third kappa shape index (κ3) is 1.58. The number of carboxylic acid groups (broad SMARTS) is 1. The molecule has 0 unspecified atom stereocenters. The number of hydrogen-bond donors (Lipinski definition) is 1. The lowest BCUT2D eigenvalue weighted by Crippen LogP contribution is -2.32. The molecule has 0 aromatic heterocycles. The Balaban J connectivity index is 2.00. The number of fused-ring (bicyclic) bond motifs is 1. The molecule has 0 radical (unpaired) electrons. The Morgan fingerprint density at radius 1 is 1.16 bits per heavy atom. The van der Waals surface area contributed by atoms with Crippen molar-refractivity contribution in [3.05, 3.63) is 42.0 Å². The molecular formula is C14H11NO4. The third-order valence-corrected chi connectivity index (χ3v) is 3.61. The molecule has 1 fully saturated rings. The van der Waals surface area contributed by atoms with Gasteiger partial charge in [0.05, 0.1) is 17.5 Å². The normalized spacial score (nSPS) is 25.5. The summed E-state index contributed by atoms with van der Waals surface area (Å²) < 4.78 is 0. The molecule has 1 aromatic rings. The number of imide groups is 1. The van der Waals surface area contributed by atoms with E-state index in [4.69, 9.17) is 5.11 Å². The Kier molecular flexibility index (Phi) is 2.48. The molecular weight excluding hydrogens is 246 g/mol. The number of allylic oxidation sites excluding steroid dienone is 1. The number of rotatable bonds is 2. The summed E-state index contributed by atoms with van der Waals surface area (Å²) in [5.74, 6) is -3.26. The molecule has 1 saturated heterocycles. The molecule has 19 heavy (non-hydrogen) atoms. The van der Waals surface area contributed by atoms with Crippen LogP contribution in [0.2, 0.25) is 0 Å². The van der Waals surface area contributed by atoms with Gasteiger partial charge in [-0.25, -0.2) is 9.69 Å². The zero-order valence-electron chi connectivity index (χ0n) is 9.95. The molecule has 5 heteroatoms. The van der Waals surface area contributed by atoms with Crippen molar-refractivity contribution >= 4 is 23.5 Å². The first kappa shape index (κ1) is 11.6. The second kappa shape index (κ2) is 4.05. The summed E-state index contributed by atoms with van der Waals surface area (Å²) >= 11 is 0. The SMILES string of the molecule is O=C(O)C1=CC[C@H]2C(=O)N(c3ccccc3)C(=O)[C@@H]12. The molecule has 0 bridgehead atoms. The van der Waals surface area contributed by atoms with Gasteiger partial charge in [0.2, 0.25) is 11.8 Å². The monoisotopic (exact) mass is 257 g/mol. The molecule has 1 aromatic carbocycles. The molecule has 2 amide bonds. The molecule has 5 nitrogen and oxygen atoms in total. The molecule has 2 atom stereocenters. The van der Waals surface area contributed by atoms with E-state index in [-0.39, 0.29) is 11.5 Å². The average molecular weight is 257 g/mol. The van der Waals surface area contributed by atoms with E-state index in [2.05, 4.69) is 0 Å². The van der Waals surface area contributed by atoms with Gasteiger partial charge in [-0.05, 0) is 18.6 Å². The van der Waals surface area contributed by atoms with Gasteiger partial charge in [-0.2, -0.15) is 0 Å². The van der Waals surface area contributed by atoms with Crippen LogP contribution in [0.1, 0.15) is 6.42 Å². The number of carboxylic acids is 1.